The lowest BCUT2D eigenvalue weighted by atomic mass is 10.1. The van der Waals surface area contributed by atoms with E-state index in [9.17, 15) is 9.59 Å². The zero-order valence-electron chi connectivity index (χ0n) is 21.4. The molecule has 0 unspecified atom stereocenters. The normalized spacial score (nSPS) is 11.8. The average Bonchev–Trinajstić information content (AvgIpc) is 2.92. The number of aryl methyl sites for hydroxylation is 1. The van der Waals surface area contributed by atoms with Crippen molar-refractivity contribution < 1.29 is 14.3 Å². The van der Waals surface area contributed by atoms with Gasteiger partial charge in [-0.05, 0) is 36.8 Å². The number of hydrogen-bond acceptors (Lipinski definition) is 5. The second kappa shape index (κ2) is 12.2. The molecule has 0 aliphatic heterocycles. The Morgan fingerprint density at radius 1 is 1.03 bits per heavy atom. The number of anilines is 1. The fraction of sp³-hybridized carbons (Fsp3) is 0.276. The van der Waals surface area contributed by atoms with E-state index in [1.165, 1.54) is 0 Å². The van der Waals surface area contributed by atoms with E-state index in [2.05, 4.69) is 10.3 Å². The van der Waals surface area contributed by atoms with E-state index in [0.29, 0.717) is 23.7 Å². The molecule has 1 atom stereocenters. The molecule has 0 spiro atoms. The molecule has 1 N–H and O–H groups in total. The molecule has 0 saturated carbocycles. The number of amides is 2. The van der Waals surface area contributed by atoms with Crippen molar-refractivity contribution in [1.82, 2.24) is 14.5 Å². The molecular formula is C29H32N4O4. The minimum absolute atomic E-state index is 0.177. The minimum atomic E-state index is -0.380. The molecular weight excluding hydrogens is 468 g/mol. The first-order valence-corrected chi connectivity index (χ1v) is 12.3. The van der Waals surface area contributed by atoms with Crippen LogP contribution in [0.3, 0.4) is 0 Å². The summed E-state index contributed by atoms with van der Waals surface area (Å²) in [4.78, 5) is 33.1. The molecule has 0 bridgehead atoms. The van der Waals surface area contributed by atoms with Crippen LogP contribution in [0, 0.1) is 0 Å². The largest absolute Gasteiger partial charge is 0.492 e. The number of fused-ring (bicyclic) bond motifs is 1. The average molecular weight is 501 g/mol. The lowest BCUT2D eigenvalue weighted by Gasteiger charge is -2.32. The highest BCUT2D eigenvalue weighted by Gasteiger charge is 2.27. The van der Waals surface area contributed by atoms with Crippen LogP contribution in [0.25, 0.3) is 11.0 Å². The third-order valence-corrected chi connectivity index (χ3v) is 6.21. The van der Waals surface area contributed by atoms with Crippen molar-refractivity contribution >= 4 is 22.8 Å². The van der Waals surface area contributed by atoms with Gasteiger partial charge in [-0.1, -0.05) is 54.6 Å². The number of carbonyl (C=O) groups is 1. The summed E-state index contributed by atoms with van der Waals surface area (Å²) in [6.07, 6.45) is 0.283. The fourth-order valence-electron chi connectivity index (χ4n) is 4.36. The van der Waals surface area contributed by atoms with Crippen molar-refractivity contribution in [2.75, 3.05) is 32.2 Å². The quantitative estimate of drug-likeness (QED) is 0.338. The summed E-state index contributed by atoms with van der Waals surface area (Å²) < 4.78 is 12.8. The first-order valence-electron chi connectivity index (χ1n) is 12.3. The number of benzene rings is 3. The summed E-state index contributed by atoms with van der Waals surface area (Å²) in [5.41, 5.74) is 3.22. The van der Waals surface area contributed by atoms with Crippen molar-refractivity contribution in [3.63, 3.8) is 0 Å². The number of urea groups is 1. The molecule has 1 heterocycles. The summed E-state index contributed by atoms with van der Waals surface area (Å²) in [7, 11) is 3.35. The van der Waals surface area contributed by atoms with Crippen LogP contribution >= 0.6 is 0 Å². The summed E-state index contributed by atoms with van der Waals surface area (Å²) in [5, 5.41) is 3.00. The standard InChI is InChI=1S/C29H32N4O4/c1-4-37-27-17-11-9-15-23(27)31-29(35)33(26(20-36-3)21-12-6-5-7-13-21)19-18-24-28(34)32(2)25-16-10-8-14-22(25)30-24/h5-17,26H,4,18-20H2,1-3H3,(H,31,35)/t26-/m0/s1. The molecule has 192 valence electrons. The van der Waals surface area contributed by atoms with E-state index in [4.69, 9.17) is 9.47 Å². The van der Waals surface area contributed by atoms with Crippen molar-refractivity contribution in [3.05, 3.63) is 100 Å². The number of carbonyl (C=O) groups excluding carboxylic acids is 1. The maximum absolute atomic E-state index is 13.7. The molecule has 0 aliphatic rings. The van der Waals surface area contributed by atoms with Gasteiger partial charge in [-0.3, -0.25) is 4.79 Å². The van der Waals surface area contributed by atoms with Gasteiger partial charge in [0.1, 0.15) is 11.4 Å². The molecule has 0 aliphatic carbocycles. The Kier molecular flexibility index (Phi) is 8.53. The Morgan fingerprint density at radius 2 is 1.73 bits per heavy atom. The zero-order valence-corrected chi connectivity index (χ0v) is 21.4. The molecule has 3 aromatic carbocycles. The third-order valence-electron chi connectivity index (χ3n) is 6.21. The summed E-state index contributed by atoms with van der Waals surface area (Å²) >= 11 is 0. The van der Waals surface area contributed by atoms with E-state index in [-0.39, 0.29) is 37.2 Å². The molecule has 0 fully saturated rings. The molecule has 1 aromatic heterocycles. The predicted octanol–water partition coefficient (Wildman–Crippen LogP) is 4.80. The monoisotopic (exact) mass is 500 g/mol. The highest BCUT2D eigenvalue weighted by molar-refractivity contribution is 5.91. The van der Waals surface area contributed by atoms with Crippen LogP contribution in [0.1, 0.15) is 24.2 Å². The molecule has 8 nitrogen and oxygen atoms in total. The third kappa shape index (κ3) is 5.98. The highest BCUT2D eigenvalue weighted by Crippen LogP contribution is 2.27. The van der Waals surface area contributed by atoms with Crippen molar-refractivity contribution in [1.29, 1.82) is 0 Å². The van der Waals surface area contributed by atoms with Crippen LogP contribution in [0.15, 0.2) is 83.7 Å². The van der Waals surface area contributed by atoms with Gasteiger partial charge in [0.15, 0.2) is 0 Å². The second-order valence-electron chi connectivity index (χ2n) is 8.60. The number of rotatable bonds is 10. The summed E-state index contributed by atoms with van der Waals surface area (Å²) in [6.45, 7) is 2.91. The van der Waals surface area contributed by atoms with E-state index in [0.717, 1.165) is 16.6 Å². The fourth-order valence-corrected chi connectivity index (χ4v) is 4.36. The lowest BCUT2D eigenvalue weighted by molar-refractivity contribution is 0.109. The molecule has 8 heteroatoms. The Bertz CT molecular complexity index is 1400. The van der Waals surface area contributed by atoms with Crippen LogP contribution < -0.4 is 15.6 Å². The molecule has 2 amide bonds. The smallest absolute Gasteiger partial charge is 0.322 e. The number of methoxy groups -OCH3 is 1. The van der Waals surface area contributed by atoms with E-state index >= 15 is 0 Å². The second-order valence-corrected chi connectivity index (χ2v) is 8.60. The predicted molar refractivity (Wildman–Crippen MR) is 145 cm³/mol. The molecule has 0 radical (unpaired) electrons. The zero-order chi connectivity index (χ0) is 26.2. The number of nitrogens with one attached hydrogen (secondary N) is 1. The molecule has 0 saturated heterocycles. The number of ether oxygens (including phenoxy) is 2. The van der Waals surface area contributed by atoms with E-state index in [1.807, 2.05) is 79.7 Å². The minimum Gasteiger partial charge on any atom is -0.492 e. The summed E-state index contributed by atoms with van der Waals surface area (Å²) in [5.74, 6) is 0.589. The number of hydrogen-bond donors (Lipinski definition) is 1. The van der Waals surface area contributed by atoms with Gasteiger partial charge in [-0.25, -0.2) is 9.78 Å². The Balaban J connectivity index is 1.68. The van der Waals surface area contributed by atoms with Gasteiger partial charge in [-0.2, -0.15) is 0 Å². The van der Waals surface area contributed by atoms with Gasteiger partial charge in [0.05, 0.1) is 36.0 Å². The topological polar surface area (TPSA) is 85.7 Å². The van der Waals surface area contributed by atoms with Crippen molar-refractivity contribution in [3.8, 4) is 5.75 Å². The molecule has 4 rings (SSSR count). The Labute approximate surface area is 216 Å². The first-order chi connectivity index (χ1) is 18.0. The van der Waals surface area contributed by atoms with Crippen LogP contribution in [0.5, 0.6) is 5.75 Å². The van der Waals surface area contributed by atoms with Crippen LogP contribution in [0.4, 0.5) is 10.5 Å². The lowest BCUT2D eigenvalue weighted by Crippen LogP contribution is -2.42. The van der Waals surface area contributed by atoms with Gasteiger partial charge in [0, 0.05) is 27.1 Å². The van der Waals surface area contributed by atoms with Gasteiger partial charge in [-0.15, -0.1) is 0 Å². The van der Waals surface area contributed by atoms with E-state index < -0.39 is 0 Å². The van der Waals surface area contributed by atoms with Gasteiger partial charge in [0.25, 0.3) is 5.56 Å². The summed E-state index contributed by atoms with van der Waals surface area (Å²) in [6, 6.07) is 23.8. The van der Waals surface area contributed by atoms with Crippen LogP contribution in [-0.4, -0.2) is 47.4 Å². The maximum Gasteiger partial charge on any atom is 0.322 e. The van der Waals surface area contributed by atoms with Crippen LogP contribution in [-0.2, 0) is 18.2 Å². The van der Waals surface area contributed by atoms with E-state index in [1.54, 1.807) is 29.7 Å². The molecule has 4 aromatic rings. The maximum atomic E-state index is 13.7. The van der Waals surface area contributed by atoms with Gasteiger partial charge in [0.2, 0.25) is 0 Å². The van der Waals surface area contributed by atoms with Crippen molar-refractivity contribution in [2.45, 2.75) is 19.4 Å². The SMILES string of the molecule is CCOc1ccccc1NC(=O)N(CCc1nc2ccccc2n(C)c1=O)[C@@H](COC)c1ccccc1. The van der Waals surface area contributed by atoms with Gasteiger partial charge >= 0.3 is 6.03 Å². The number of para-hydroxylation sites is 4. The Morgan fingerprint density at radius 3 is 2.49 bits per heavy atom. The van der Waals surface area contributed by atoms with Crippen LogP contribution in [0.2, 0.25) is 0 Å². The molecule has 37 heavy (non-hydrogen) atoms. The number of aromatic nitrogens is 2. The van der Waals surface area contributed by atoms with Crippen molar-refractivity contribution in [2.24, 2.45) is 7.05 Å². The Hall–Kier alpha value is -4.17. The highest BCUT2D eigenvalue weighted by atomic mass is 16.5. The first kappa shape index (κ1) is 25.9. The number of nitrogens with zero attached hydrogens (tertiary/aromatic N) is 3. The van der Waals surface area contributed by atoms with Gasteiger partial charge < -0.3 is 24.3 Å².